The summed E-state index contributed by atoms with van der Waals surface area (Å²) in [4.78, 5) is 20.0. The average molecular weight is 267 g/mol. The van der Waals surface area contributed by atoms with Gasteiger partial charge in [-0.05, 0) is 20.8 Å². The van der Waals surface area contributed by atoms with Crippen LogP contribution in [0.4, 0.5) is 5.82 Å². The minimum absolute atomic E-state index is 0.0821. The number of amides is 1. The largest absolute Gasteiger partial charge is 0.388 e. The molecular weight excluding hydrogens is 250 g/mol. The number of carbonyl (C=O) groups excluding carboxylic acids is 1. The Balaban J connectivity index is 2.78. The quantitative estimate of drug-likeness (QED) is 0.670. The third kappa shape index (κ3) is 3.92. The van der Waals surface area contributed by atoms with Gasteiger partial charge in [-0.1, -0.05) is 12.2 Å². The second kappa shape index (κ2) is 6.25. The van der Waals surface area contributed by atoms with E-state index >= 15 is 0 Å². The molecule has 0 bridgehead atoms. The third-order valence-corrected chi connectivity index (χ3v) is 2.30. The van der Waals surface area contributed by atoms with Crippen molar-refractivity contribution in [3.05, 3.63) is 18.1 Å². The zero-order valence-corrected chi connectivity index (χ0v) is 11.4. The van der Waals surface area contributed by atoms with E-state index in [2.05, 4.69) is 20.6 Å². The van der Waals surface area contributed by atoms with Gasteiger partial charge in [0.2, 0.25) is 5.91 Å². The molecule has 0 aromatic carbocycles. The normalized spacial score (nSPS) is 12.0. The Morgan fingerprint density at radius 2 is 1.94 bits per heavy atom. The lowest BCUT2D eigenvalue weighted by atomic mass is 10.2. The van der Waals surface area contributed by atoms with Crippen LogP contribution in [-0.4, -0.2) is 32.9 Å². The molecule has 1 rings (SSSR count). The van der Waals surface area contributed by atoms with Gasteiger partial charge < -0.3 is 16.4 Å². The second-order valence-electron chi connectivity index (χ2n) is 4.15. The number of anilines is 1. The van der Waals surface area contributed by atoms with E-state index in [1.807, 2.05) is 13.8 Å². The van der Waals surface area contributed by atoms with Crippen LogP contribution in [0.5, 0.6) is 0 Å². The number of hydrogen-bond donors (Lipinski definition) is 3. The van der Waals surface area contributed by atoms with E-state index in [0.29, 0.717) is 11.5 Å². The van der Waals surface area contributed by atoms with Crippen molar-refractivity contribution in [1.29, 1.82) is 0 Å². The molecule has 4 N–H and O–H groups in total. The topological polar surface area (TPSA) is 92.9 Å². The average Bonchev–Trinajstić information content (AvgIpc) is 2.28. The lowest BCUT2D eigenvalue weighted by Gasteiger charge is -2.17. The maximum absolute atomic E-state index is 11.8. The minimum Gasteiger partial charge on any atom is -0.388 e. The van der Waals surface area contributed by atoms with E-state index in [9.17, 15) is 4.79 Å². The van der Waals surface area contributed by atoms with Gasteiger partial charge in [-0.15, -0.1) is 0 Å². The first kappa shape index (κ1) is 14.3. The van der Waals surface area contributed by atoms with Crippen molar-refractivity contribution in [1.82, 2.24) is 15.3 Å². The Labute approximate surface area is 111 Å². The smallest absolute Gasteiger partial charge is 0.242 e. The first-order chi connectivity index (χ1) is 8.41. The van der Waals surface area contributed by atoms with Crippen LogP contribution in [0.25, 0.3) is 0 Å². The molecule has 18 heavy (non-hydrogen) atoms. The van der Waals surface area contributed by atoms with Crippen molar-refractivity contribution in [3.63, 3.8) is 0 Å². The van der Waals surface area contributed by atoms with Crippen LogP contribution >= 0.6 is 12.2 Å². The van der Waals surface area contributed by atoms with Gasteiger partial charge in [-0.3, -0.25) is 4.79 Å². The summed E-state index contributed by atoms with van der Waals surface area (Å²) in [6.07, 6.45) is 3.01. The standard InChI is InChI=1S/C11H17N5OS/c1-6(2)15-11(17)7(3)16-10-8(9(12)18)13-4-5-14-10/h4-7H,1-3H3,(H2,12,18)(H,14,16)(H,15,17). The SMILES string of the molecule is CC(C)NC(=O)C(C)Nc1nccnc1C(N)=S. The molecule has 0 aliphatic carbocycles. The van der Waals surface area contributed by atoms with Crippen LogP contribution < -0.4 is 16.4 Å². The van der Waals surface area contributed by atoms with E-state index in [0.717, 1.165) is 0 Å². The summed E-state index contributed by atoms with van der Waals surface area (Å²) >= 11 is 4.87. The molecule has 1 atom stereocenters. The molecule has 98 valence electrons. The summed E-state index contributed by atoms with van der Waals surface area (Å²) < 4.78 is 0. The Morgan fingerprint density at radius 3 is 2.50 bits per heavy atom. The van der Waals surface area contributed by atoms with Gasteiger partial charge in [0.1, 0.15) is 16.7 Å². The van der Waals surface area contributed by atoms with E-state index in [1.54, 1.807) is 6.92 Å². The number of carbonyl (C=O) groups is 1. The van der Waals surface area contributed by atoms with Gasteiger partial charge in [-0.25, -0.2) is 9.97 Å². The van der Waals surface area contributed by atoms with Gasteiger partial charge >= 0.3 is 0 Å². The predicted molar refractivity (Wildman–Crippen MR) is 74.3 cm³/mol. The van der Waals surface area contributed by atoms with Gasteiger partial charge in [0.15, 0.2) is 5.82 Å². The maximum atomic E-state index is 11.8. The fourth-order valence-electron chi connectivity index (χ4n) is 1.30. The number of aromatic nitrogens is 2. The molecule has 0 saturated heterocycles. The van der Waals surface area contributed by atoms with Crippen molar-refractivity contribution < 1.29 is 4.79 Å². The van der Waals surface area contributed by atoms with Crippen LogP contribution in [0.1, 0.15) is 26.5 Å². The van der Waals surface area contributed by atoms with Gasteiger partial charge in [-0.2, -0.15) is 0 Å². The molecule has 0 radical (unpaired) electrons. The molecule has 1 amide bonds. The molecule has 0 aliphatic heterocycles. The van der Waals surface area contributed by atoms with Gasteiger partial charge in [0.25, 0.3) is 0 Å². The Bertz CT molecular complexity index is 449. The highest BCUT2D eigenvalue weighted by Crippen LogP contribution is 2.09. The Hall–Kier alpha value is -1.76. The first-order valence-electron chi connectivity index (χ1n) is 5.59. The fourth-order valence-corrected chi connectivity index (χ4v) is 1.45. The number of nitrogens with zero attached hydrogens (tertiary/aromatic N) is 2. The molecule has 1 aromatic rings. The second-order valence-corrected chi connectivity index (χ2v) is 4.59. The molecule has 1 heterocycles. The number of rotatable bonds is 5. The highest BCUT2D eigenvalue weighted by Gasteiger charge is 2.16. The highest BCUT2D eigenvalue weighted by atomic mass is 32.1. The summed E-state index contributed by atoms with van der Waals surface area (Å²) in [5, 5.41) is 5.74. The van der Waals surface area contributed by atoms with Crippen LogP contribution in [0.3, 0.4) is 0 Å². The monoisotopic (exact) mass is 267 g/mol. The third-order valence-electron chi connectivity index (χ3n) is 2.11. The number of nitrogens with two attached hydrogens (primary N) is 1. The Morgan fingerprint density at radius 1 is 1.33 bits per heavy atom. The summed E-state index contributed by atoms with van der Waals surface area (Å²) in [6.45, 7) is 5.52. The molecule has 7 heteroatoms. The van der Waals surface area contributed by atoms with Crippen LogP contribution in [0.2, 0.25) is 0 Å². The summed E-state index contributed by atoms with van der Waals surface area (Å²) in [5.74, 6) is 0.293. The Kier molecular flexibility index (Phi) is 4.96. The van der Waals surface area contributed by atoms with Crippen LogP contribution in [0, 0.1) is 0 Å². The molecule has 0 fully saturated rings. The van der Waals surface area contributed by atoms with E-state index in [4.69, 9.17) is 18.0 Å². The number of nitrogens with one attached hydrogen (secondary N) is 2. The molecule has 1 unspecified atom stereocenters. The molecule has 1 aromatic heterocycles. The number of thiocarbonyl (C=S) groups is 1. The molecule has 0 aliphatic rings. The van der Waals surface area contributed by atoms with Crippen molar-refractivity contribution in [2.75, 3.05) is 5.32 Å². The summed E-state index contributed by atoms with van der Waals surface area (Å²) in [5.41, 5.74) is 5.92. The predicted octanol–water partition coefficient (Wildman–Crippen LogP) is 0.436. The molecular formula is C11H17N5OS. The first-order valence-corrected chi connectivity index (χ1v) is 6.00. The molecule has 6 nitrogen and oxygen atoms in total. The zero-order valence-electron chi connectivity index (χ0n) is 10.6. The van der Waals surface area contributed by atoms with Crippen LogP contribution in [0.15, 0.2) is 12.4 Å². The van der Waals surface area contributed by atoms with Crippen molar-refractivity contribution >= 4 is 28.9 Å². The maximum Gasteiger partial charge on any atom is 0.242 e. The van der Waals surface area contributed by atoms with E-state index in [-0.39, 0.29) is 16.9 Å². The summed E-state index contributed by atoms with van der Waals surface area (Å²) in [7, 11) is 0. The van der Waals surface area contributed by atoms with Gasteiger partial charge in [0.05, 0.1) is 0 Å². The van der Waals surface area contributed by atoms with E-state index in [1.165, 1.54) is 12.4 Å². The summed E-state index contributed by atoms with van der Waals surface area (Å²) in [6, 6.07) is -0.365. The van der Waals surface area contributed by atoms with Crippen molar-refractivity contribution in [3.8, 4) is 0 Å². The number of hydrogen-bond acceptors (Lipinski definition) is 5. The zero-order chi connectivity index (χ0) is 13.7. The highest BCUT2D eigenvalue weighted by molar-refractivity contribution is 7.80. The van der Waals surface area contributed by atoms with Crippen LogP contribution in [-0.2, 0) is 4.79 Å². The minimum atomic E-state index is -0.447. The lowest BCUT2D eigenvalue weighted by Crippen LogP contribution is -2.41. The lowest BCUT2D eigenvalue weighted by molar-refractivity contribution is -0.122. The van der Waals surface area contributed by atoms with Gasteiger partial charge in [0, 0.05) is 18.4 Å². The fraction of sp³-hybridized carbons (Fsp3) is 0.455. The molecule has 0 saturated carbocycles. The van der Waals surface area contributed by atoms with Crippen molar-refractivity contribution in [2.24, 2.45) is 5.73 Å². The molecule has 0 spiro atoms. The van der Waals surface area contributed by atoms with Crippen molar-refractivity contribution in [2.45, 2.75) is 32.9 Å². The van der Waals surface area contributed by atoms with E-state index < -0.39 is 6.04 Å².